The van der Waals surface area contributed by atoms with Crippen molar-refractivity contribution >= 4 is 22.5 Å². The Hall–Kier alpha value is -5.22. The second-order valence-corrected chi connectivity index (χ2v) is 13.2. The standard InChI is InChI=1S/C42H45N7O2/c1-29-22-35(39-13-7-9-32-8-4-5-12-38(32)39)25-36(23-29)40-26-41(47-31(3)46-40)45-30(2)33-10-6-11-34(24-33)37-27-43-42(44-28-37)49-16-14-48(15-17-49)18-20-51-21-19-50/h4-13,22-28,30,50H,14-21H2,1-3H3,(H,45,46,47)/t30-/m0/s1. The predicted octanol–water partition coefficient (Wildman–Crippen LogP) is 7.34. The van der Waals surface area contributed by atoms with E-state index in [0.29, 0.717) is 13.2 Å². The minimum atomic E-state index is 0.00128. The summed E-state index contributed by atoms with van der Waals surface area (Å²) in [5.41, 5.74) is 8.72. The van der Waals surface area contributed by atoms with Crippen LogP contribution in [-0.4, -0.2) is 82.5 Å². The SMILES string of the molecule is Cc1cc(-c2cc(N[C@@H](C)c3cccc(-c4cnc(N5CCN(CCOCCO)CC5)nc4)c3)nc(C)n2)cc(-c2cccc3ccccc23)c1. The zero-order chi connectivity index (χ0) is 35.2. The fraction of sp³-hybridized carbons (Fsp3) is 0.286. The fourth-order valence-electron chi connectivity index (χ4n) is 6.81. The molecule has 0 aliphatic carbocycles. The third kappa shape index (κ3) is 8.23. The Labute approximate surface area is 300 Å². The summed E-state index contributed by atoms with van der Waals surface area (Å²) < 4.78 is 5.42. The molecule has 0 saturated carbocycles. The van der Waals surface area contributed by atoms with E-state index in [4.69, 9.17) is 29.8 Å². The zero-order valence-corrected chi connectivity index (χ0v) is 29.6. The van der Waals surface area contributed by atoms with Crippen molar-refractivity contribution in [2.45, 2.75) is 26.8 Å². The van der Waals surface area contributed by atoms with Gasteiger partial charge in [-0.1, -0.05) is 66.7 Å². The molecule has 260 valence electrons. The van der Waals surface area contributed by atoms with E-state index >= 15 is 0 Å². The van der Waals surface area contributed by atoms with Gasteiger partial charge in [0.05, 0.1) is 25.5 Å². The molecule has 9 heteroatoms. The van der Waals surface area contributed by atoms with Crippen LogP contribution >= 0.6 is 0 Å². The Morgan fingerprint density at radius 1 is 0.765 bits per heavy atom. The van der Waals surface area contributed by atoms with E-state index in [9.17, 15) is 0 Å². The summed E-state index contributed by atoms with van der Waals surface area (Å²) in [6, 6.07) is 32.2. The molecule has 0 amide bonds. The van der Waals surface area contributed by atoms with Gasteiger partial charge in [-0.15, -0.1) is 0 Å². The van der Waals surface area contributed by atoms with Crippen LogP contribution in [0.15, 0.2) is 103 Å². The van der Waals surface area contributed by atoms with E-state index in [0.717, 1.165) is 78.3 Å². The summed E-state index contributed by atoms with van der Waals surface area (Å²) in [5, 5.41) is 15.0. The van der Waals surface area contributed by atoms with Crippen LogP contribution in [0.2, 0.25) is 0 Å². The van der Waals surface area contributed by atoms with Crippen LogP contribution in [0.4, 0.5) is 11.8 Å². The van der Waals surface area contributed by atoms with Gasteiger partial charge in [0.1, 0.15) is 11.6 Å². The number of hydrogen-bond acceptors (Lipinski definition) is 9. The van der Waals surface area contributed by atoms with Gasteiger partial charge in [0.2, 0.25) is 5.95 Å². The number of fused-ring (bicyclic) bond motifs is 1. The molecule has 1 atom stereocenters. The van der Waals surface area contributed by atoms with Crippen molar-refractivity contribution in [1.82, 2.24) is 24.8 Å². The lowest BCUT2D eigenvalue weighted by atomic mass is 9.94. The lowest BCUT2D eigenvalue weighted by Crippen LogP contribution is -2.47. The average molecular weight is 680 g/mol. The number of aryl methyl sites for hydroxylation is 2. The van der Waals surface area contributed by atoms with E-state index in [1.54, 1.807) is 0 Å². The van der Waals surface area contributed by atoms with Gasteiger partial charge >= 0.3 is 0 Å². The van der Waals surface area contributed by atoms with Crippen molar-refractivity contribution in [2.75, 3.05) is 62.8 Å². The number of hydrogen-bond donors (Lipinski definition) is 2. The van der Waals surface area contributed by atoms with Gasteiger partial charge in [0, 0.05) is 68.4 Å². The summed E-state index contributed by atoms with van der Waals surface area (Å²) in [6.07, 6.45) is 3.84. The topological polar surface area (TPSA) is 99.5 Å². The van der Waals surface area contributed by atoms with Crippen LogP contribution < -0.4 is 10.2 Å². The maximum Gasteiger partial charge on any atom is 0.225 e. The van der Waals surface area contributed by atoms with E-state index in [2.05, 4.69) is 114 Å². The van der Waals surface area contributed by atoms with Gasteiger partial charge in [-0.05, 0) is 77.6 Å². The smallest absolute Gasteiger partial charge is 0.225 e. The van der Waals surface area contributed by atoms with Gasteiger partial charge < -0.3 is 20.1 Å². The lowest BCUT2D eigenvalue weighted by molar-refractivity contribution is 0.0724. The predicted molar refractivity (Wildman–Crippen MR) is 206 cm³/mol. The van der Waals surface area contributed by atoms with Crippen LogP contribution in [-0.2, 0) is 4.74 Å². The molecule has 0 bridgehead atoms. The molecule has 0 spiro atoms. The highest BCUT2D eigenvalue weighted by atomic mass is 16.5. The van der Waals surface area contributed by atoms with Crippen LogP contribution in [0.25, 0.3) is 44.3 Å². The van der Waals surface area contributed by atoms with Gasteiger partial charge in [-0.2, -0.15) is 0 Å². The molecular formula is C42H45N7O2. The van der Waals surface area contributed by atoms with Crippen molar-refractivity contribution in [1.29, 1.82) is 0 Å². The van der Waals surface area contributed by atoms with Gasteiger partial charge in [-0.25, -0.2) is 19.9 Å². The van der Waals surface area contributed by atoms with Crippen molar-refractivity contribution in [3.05, 3.63) is 120 Å². The molecule has 1 aliphatic heterocycles. The number of benzene rings is 4. The minimum Gasteiger partial charge on any atom is -0.394 e. The third-order valence-electron chi connectivity index (χ3n) is 9.48. The molecule has 3 heterocycles. The molecule has 7 rings (SSSR count). The molecule has 2 N–H and O–H groups in total. The molecule has 2 aromatic heterocycles. The molecule has 0 unspecified atom stereocenters. The zero-order valence-electron chi connectivity index (χ0n) is 29.6. The van der Waals surface area contributed by atoms with Gasteiger partial charge in [-0.3, -0.25) is 4.90 Å². The summed E-state index contributed by atoms with van der Waals surface area (Å²) in [4.78, 5) is 23.7. The summed E-state index contributed by atoms with van der Waals surface area (Å²) in [7, 11) is 0. The lowest BCUT2D eigenvalue weighted by Gasteiger charge is -2.34. The normalized spacial score (nSPS) is 14.2. The van der Waals surface area contributed by atoms with Crippen molar-refractivity contribution in [2.24, 2.45) is 0 Å². The quantitative estimate of drug-likeness (QED) is 0.129. The highest BCUT2D eigenvalue weighted by molar-refractivity contribution is 5.97. The second kappa shape index (κ2) is 15.8. The first kappa shape index (κ1) is 34.2. The highest BCUT2D eigenvalue weighted by Crippen LogP contribution is 2.33. The number of aliphatic hydroxyl groups is 1. The first-order chi connectivity index (χ1) is 24.9. The number of piperazine rings is 1. The maximum atomic E-state index is 8.89. The molecule has 9 nitrogen and oxygen atoms in total. The number of anilines is 2. The average Bonchev–Trinajstić information content (AvgIpc) is 3.16. The monoisotopic (exact) mass is 679 g/mol. The van der Waals surface area contributed by atoms with Crippen molar-refractivity contribution in [3.63, 3.8) is 0 Å². The van der Waals surface area contributed by atoms with E-state index in [-0.39, 0.29) is 12.6 Å². The van der Waals surface area contributed by atoms with E-state index in [1.165, 1.54) is 27.5 Å². The van der Waals surface area contributed by atoms with Crippen LogP contribution in [0.5, 0.6) is 0 Å². The first-order valence-electron chi connectivity index (χ1n) is 17.7. The van der Waals surface area contributed by atoms with E-state index < -0.39 is 0 Å². The molecule has 6 aromatic rings. The Morgan fingerprint density at radius 2 is 1.53 bits per heavy atom. The van der Waals surface area contributed by atoms with Crippen LogP contribution in [0, 0.1) is 13.8 Å². The van der Waals surface area contributed by atoms with E-state index in [1.807, 2.05) is 25.4 Å². The van der Waals surface area contributed by atoms with Crippen LogP contribution in [0.1, 0.15) is 29.9 Å². The number of rotatable bonds is 12. The molecule has 1 aliphatic rings. The summed E-state index contributed by atoms with van der Waals surface area (Å²) in [6.45, 7) is 11.8. The Bertz CT molecular complexity index is 2090. The number of ether oxygens (including phenoxy) is 1. The first-order valence-corrected chi connectivity index (χ1v) is 17.7. The summed E-state index contributed by atoms with van der Waals surface area (Å²) in [5.74, 6) is 2.26. The molecule has 4 aromatic carbocycles. The van der Waals surface area contributed by atoms with Gasteiger partial charge in [0.15, 0.2) is 0 Å². The van der Waals surface area contributed by atoms with Crippen molar-refractivity contribution < 1.29 is 9.84 Å². The Balaban J connectivity index is 1.04. The summed E-state index contributed by atoms with van der Waals surface area (Å²) >= 11 is 0. The largest absolute Gasteiger partial charge is 0.394 e. The molecular weight excluding hydrogens is 635 g/mol. The number of aromatic nitrogens is 4. The van der Waals surface area contributed by atoms with Gasteiger partial charge in [0.25, 0.3) is 0 Å². The molecule has 1 fully saturated rings. The highest BCUT2D eigenvalue weighted by Gasteiger charge is 2.19. The number of nitrogens with zero attached hydrogens (tertiary/aromatic N) is 6. The number of nitrogens with one attached hydrogen (secondary N) is 1. The fourth-order valence-corrected chi connectivity index (χ4v) is 6.81. The van der Waals surface area contributed by atoms with Crippen molar-refractivity contribution in [3.8, 4) is 33.5 Å². The molecule has 51 heavy (non-hydrogen) atoms. The van der Waals surface area contributed by atoms with Crippen LogP contribution in [0.3, 0.4) is 0 Å². The second-order valence-electron chi connectivity index (χ2n) is 13.2. The minimum absolute atomic E-state index is 0.00128. The Morgan fingerprint density at radius 3 is 2.35 bits per heavy atom. The molecule has 1 saturated heterocycles. The Kier molecular flexibility index (Phi) is 10.6. The third-order valence-corrected chi connectivity index (χ3v) is 9.48. The molecule has 0 radical (unpaired) electrons. The number of aliphatic hydroxyl groups excluding tert-OH is 1. The maximum absolute atomic E-state index is 8.89.